The summed E-state index contributed by atoms with van der Waals surface area (Å²) >= 11 is 0. The fourth-order valence-electron chi connectivity index (χ4n) is 1.33. The number of carbonyl (C=O) groups is 1. The normalized spacial score (nSPS) is 9.78. The molecule has 1 aromatic carbocycles. The third-order valence-electron chi connectivity index (χ3n) is 2.16. The SMILES string of the molecule is O=C(COc1ccccc1)Nc1ncccc1O. The zero-order valence-electron chi connectivity index (χ0n) is 9.54. The Hall–Kier alpha value is -2.56. The molecule has 0 unspecified atom stereocenters. The minimum Gasteiger partial charge on any atom is -0.504 e. The highest BCUT2D eigenvalue weighted by Crippen LogP contribution is 2.18. The molecule has 1 aromatic heterocycles. The van der Waals surface area contributed by atoms with Crippen LogP contribution in [0, 0.1) is 0 Å². The molecule has 0 aliphatic heterocycles. The van der Waals surface area contributed by atoms with Gasteiger partial charge in [-0.25, -0.2) is 4.98 Å². The van der Waals surface area contributed by atoms with Gasteiger partial charge in [0.15, 0.2) is 18.2 Å². The van der Waals surface area contributed by atoms with Gasteiger partial charge in [0.2, 0.25) is 0 Å². The van der Waals surface area contributed by atoms with Crippen molar-refractivity contribution in [2.75, 3.05) is 11.9 Å². The molecule has 0 fully saturated rings. The predicted octanol–water partition coefficient (Wildman–Crippen LogP) is 1.80. The molecular weight excluding hydrogens is 232 g/mol. The lowest BCUT2D eigenvalue weighted by molar-refractivity contribution is -0.118. The molecule has 0 radical (unpaired) electrons. The van der Waals surface area contributed by atoms with Crippen molar-refractivity contribution in [2.45, 2.75) is 0 Å². The standard InChI is InChI=1S/C13H12N2O3/c16-11-7-4-8-14-13(11)15-12(17)9-18-10-5-2-1-3-6-10/h1-8,16H,9H2,(H,14,15,17). The lowest BCUT2D eigenvalue weighted by atomic mass is 10.3. The van der Waals surface area contributed by atoms with Crippen LogP contribution in [-0.4, -0.2) is 22.6 Å². The Labute approximate surface area is 104 Å². The van der Waals surface area contributed by atoms with E-state index in [1.54, 1.807) is 18.2 Å². The van der Waals surface area contributed by atoms with Gasteiger partial charge in [0.25, 0.3) is 5.91 Å². The van der Waals surface area contributed by atoms with Gasteiger partial charge in [0.1, 0.15) is 5.75 Å². The number of amides is 1. The average molecular weight is 244 g/mol. The van der Waals surface area contributed by atoms with E-state index < -0.39 is 0 Å². The maximum atomic E-state index is 11.6. The first-order valence-electron chi connectivity index (χ1n) is 5.37. The number of nitrogens with one attached hydrogen (secondary N) is 1. The van der Waals surface area contributed by atoms with Gasteiger partial charge in [-0.15, -0.1) is 0 Å². The summed E-state index contributed by atoms with van der Waals surface area (Å²) in [7, 11) is 0. The molecule has 0 aliphatic rings. The molecule has 1 amide bonds. The molecule has 5 nitrogen and oxygen atoms in total. The first-order chi connectivity index (χ1) is 8.75. The topological polar surface area (TPSA) is 71.5 Å². The lowest BCUT2D eigenvalue weighted by Gasteiger charge is -2.07. The van der Waals surface area contributed by atoms with Crippen LogP contribution in [0.15, 0.2) is 48.7 Å². The number of hydrogen-bond donors (Lipinski definition) is 2. The summed E-state index contributed by atoms with van der Waals surface area (Å²) in [5.41, 5.74) is 0. The van der Waals surface area contributed by atoms with Crippen molar-refractivity contribution < 1.29 is 14.6 Å². The molecule has 18 heavy (non-hydrogen) atoms. The van der Waals surface area contributed by atoms with Gasteiger partial charge in [0.05, 0.1) is 0 Å². The second kappa shape index (κ2) is 5.67. The highest BCUT2D eigenvalue weighted by molar-refractivity contribution is 5.92. The molecule has 0 bridgehead atoms. The first kappa shape index (κ1) is 11.9. The number of rotatable bonds is 4. The van der Waals surface area contributed by atoms with Crippen LogP contribution < -0.4 is 10.1 Å². The van der Waals surface area contributed by atoms with Crippen LogP contribution in [0.25, 0.3) is 0 Å². The summed E-state index contributed by atoms with van der Waals surface area (Å²) in [5, 5.41) is 11.9. The minimum absolute atomic E-state index is 0.0782. The van der Waals surface area contributed by atoms with Crippen LogP contribution in [0.3, 0.4) is 0 Å². The maximum absolute atomic E-state index is 11.6. The molecule has 2 aromatic rings. The van der Waals surface area contributed by atoms with Gasteiger partial charge in [0, 0.05) is 6.20 Å². The number of aromatic nitrogens is 1. The molecule has 0 aliphatic carbocycles. The van der Waals surface area contributed by atoms with Gasteiger partial charge in [-0.1, -0.05) is 18.2 Å². The smallest absolute Gasteiger partial charge is 0.263 e. The fourth-order valence-corrected chi connectivity index (χ4v) is 1.33. The second-order valence-electron chi connectivity index (χ2n) is 3.52. The third-order valence-corrected chi connectivity index (χ3v) is 2.16. The predicted molar refractivity (Wildman–Crippen MR) is 66.5 cm³/mol. The number of aromatic hydroxyl groups is 1. The van der Waals surface area contributed by atoms with Crippen LogP contribution in [0.1, 0.15) is 0 Å². The molecule has 0 saturated carbocycles. The average Bonchev–Trinajstić information content (AvgIpc) is 2.40. The third kappa shape index (κ3) is 3.21. The minimum atomic E-state index is -0.382. The number of benzene rings is 1. The van der Waals surface area contributed by atoms with Crippen molar-refractivity contribution in [3.05, 3.63) is 48.7 Å². The van der Waals surface area contributed by atoms with E-state index in [1.807, 2.05) is 18.2 Å². The van der Waals surface area contributed by atoms with Crippen LogP contribution in [-0.2, 0) is 4.79 Å². The summed E-state index contributed by atoms with van der Waals surface area (Å²) in [6.45, 7) is -0.139. The van der Waals surface area contributed by atoms with Gasteiger partial charge in [-0.2, -0.15) is 0 Å². The van der Waals surface area contributed by atoms with E-state index in [9.17, 15) is 9.90 Å². The van der Waals surface area contributed by atoms with E-state index in [-0.39, 0.29) is 24.1 Å². The highest BCUT2D eigenvalue weighted by Gasteiger charge is 2.07. The van der Waals surface area contributed by atoms with E-state index in [1.165, 1.54) is 12.3 Å². The monoisotopic (exact) mass is 244 g/mol. The van der Waals surface area contributed by atoms with Crippen LogP contribution in [0.2, 0.25) is 0 Å². The number of nitrogens with zero attached hydrogens (tertiary/aromatic N) is 1. The lowest BCUT2D eigenvalue weighted by Crippen LogP contribution is -2.20. The van der Waals surface area contributed by atoms with E-state index in [0.29, 0.717) is 5.75 Å². The molecule has 92 valence electrons. The van der Waals surface area contributed by atoms with Crippen molar-refractivity contribution in [3.63, 3.8) is 0 Å². The maximum Gasteiger partial charge on any atom is 0.263 e. The van der Waals surface area contributed by atoms with E-state index >= 15 is 0 Å². The van der Waals surface area contributed by atoms with Crippen molar-refractivity contribution in [3.8, 4) is 11.5 Å². The number of pyridine rings is 1. The van der Waals surface area contributed by atoms with Crippen molar-refractivity contribution in [1.82, 2.24) is 4.98 Å². The Morgan fingerprint density at radius 1 is 1.22 bits per heavy atom. The fraction of sp³-hybridized carbons (Fsp3) is 0.0769. The van der Waals surface area contributed by atoms with Gasteiger partial charge >= 0.3 is 0 Å². The molecule has 0 atom stereocenters. The summed E-state index contributed by atoms with van der Waals surface area (Å²) in [6, 6.07) is 12.0. The highest BCUT2D eigenvalue weighted by atomic mass is 16.5. The second-order valence-corrected chi connectivity index (χ2v) is 3.52. The molecule has 2 rings (SSSR count). The molecule has 0 saturated heterocycles. The summed E-state index contributed by atoms with van der Waals surface area (Å²) < 4.78 is 5.26. The zero-order chi connectivity index (χ0) is 12.8. The number of para-hydroxylation sites is 1. The van der Waals surface area contributed by atoms with E-state index in [2.05, 4.69) is 10.3 Å². The number of carbonyl (C=O) groups excluding carboxylic acids is 1. The van der Waals surface area contributed by atoms with Crippen molar-refractivity contribution >= 4 is 11.7 Å². The Kier molecular flexibility index (Phi) is 3.76. The van der Waals surface area contributed by atoms with E-state index in [0.717, 1.165) is 0 Å². The van der Waals surface area contributed by atoms with Gasteiger partial charge in [-0.05, 0) is 24.3 Å². The Bertz CT molecular complexity index is 529. The molecular formula is C13H12N2O3. The van der Waals surface area contributed by atoms with Crippen LogP contribution in [0.5, 0.6) is 11.5 Å². The van der Waals surface area contributed by atoms with Gasteiger partial charge in [-0.3, -0.25) is 4.79 Å². The Balaban J connectivity index is 1.88. The number of ether oxygens (including phenoxy) is 1. The number of anilines is 1. The quantitative estimate of drug-likeness (QED) is 0.860. The Morgan fingerprint density at radius 2 is 2.00 bits per heavy atom. The zero-order valence-corrected chi connectivity index (χ0v) is 9.54. The van der Waals surface area contributed by atoms with Crippen LogP contribution >= 0.6 is 0 Å². The largest absolute Gasteiger partial charge is 0.504 e. The molecule has 5 heteroatoms. The molecule has 2 N–H and O–H groups in total. The van der Waals surface area contributed by atoms with E-state index in [4.69, 9.17) is 4.74 Å². The van der Waals surface area contributed by atoms with Crippen LogP contribution in [0.4, 0.5) is 5.82 Å². The summed E-state index contributed by atoms with van der Waals surface area (Å²) in [5.74, 6) is 0.274. The van der Waals surface area contributed by atoms with Gasteiger partial charge < -0.3 is 15.2 Å². The number of hydrogen-bond acceptors (Lipinski definition) is 4. The summed E-state index contributed by atoms with van der Waals surface area (Å²) in [4.78, 5) is 15.4. The first-order valence-corrected chi connectivity index (χ1v) is 5.37. The Morgan fingerprint density at radius 3 is 2.72 bits per heavy atom. The summed E-state index contributed by atoms with van der Waals surface area (Å²) in [6.07, 6.45) is 1.48. The van der Waals surface area contributed by atoms with Crippen molar-refractivity contribution in [1.29, 1.82) is 0 Å². The molecule has 0 spiro atoms. The van der Waals surface area contributed by atoms with Crippen molar-refractivity contribution in [2.24, 2.45) is 0 Å². The molecule has 1 heterocycles.